The zero-order chi connectivity index (χ0) is 14.7. The monoisotopic (exact) mass is 344 g/mol. The molecule has 2 aromatic rings. The molecular formula is C14H12BrF3N2. The zero-order valence-corrected chi connectivity index (χ0v) is 11.9. The second-order valence-electron chi connectivity index (χ2n) is 4.24. The predicted octanol–water partition coefficient (Wildman–Crippen LogP) is 3.98. The van der Waals surface area contributed by atoms with E-state index in [1.807, 2.05) is 12.1 Å². The highest BCUT2D eigenvalue weighted by Crippen LogP contribution is 2.23. The van der Waals surface area contributed by atoms with Crippen molar-refractivity contribution >= 4 is 21.6 Å². The van der Waals surface area contributed by atoms with Gasteiger partial charge in [0.15, 0.2) is 17.5 Å². The number of hydrogen-bond donors (Lipinski definition) is 2. The Labute approximate surface area is 122 Å². The van der Waals surface area contributed by atoms with Crippen LogP contribution in [0, 0.1) is 17.5 Å². The van der Waals surface area contributed by atoms with E-state index < -0.39 is 23.5 Å². The second-order valence-corrected chi connectivity index (χ2v) is 5.15. The number of rotatable bonds is 4. The van der Waals surface area contributed by atoms with Crippen LogP contribution in [0.15, 0.2) is 40.9 Å². The van der Waals surface area contributed by atoms with Gasteiger partial charge in [0.1, 0.15) is 0 Å². The fraction of sp³-hybridized carbons (Fsp3) is 0.143. The van der Waals surface area contributed by atoms with Gasteiger partial charge in [-0.3, -0.25) is 0 Å². The van der Waals surface area contributed by atoms with Crippen molar-refractivity contribution in [2.75, 3.05) is 11.9 Å². The van der Waals surface area contributed by atoms with Gasteiger partial charge in [-0.1, -0.05) is 15.9 Å². The Morgan fingerprint density at radius 2 is 1.60 bits per heavy atom. The molecule has 0 radical (unpaired) electrons. The second kappa shape index (κ2) is 6.28. The minimum Gasteiger partial charge on any atom is -0.377 e. The summed E-state index contributed by atoms with van der Waals surface area (Å²) in [6.07, 6.45) is 0. The van der Waals surface area contributed by atoms with E-state index in [1.165, 1.54) is 0 Å². The van der Waals surface area contributed by atoms with Crippen molar-refractivity contribution in [3.05, 3.63) is 63.9 Å². The van der Waals surface area contributed by atoms with Crippen molar-refractivity contribution in [3.8, 4) is 0 Å². The molecule has 0 aliphatic rings. The van der Waals surface area contributed by atoms with Crippen molar-refractivity contribution in [1.82, 2.24) is 0 Å². The molecule has 0 fully saturated rings. The molecule has 0 aliphatic carbocycles. The van der Waals surface area contributed by atoms with E-state index in [-0.39, 0.29) is 12.1 Å². The summed E-state index contributed by atoms with van der Waals surface area (Å²) >= 11 is 3.31. The summed E-state index contributed by atoms with van der Waals surface area (Å²) in [5.74, 6) is -3.93. The maximum Gasteiger partial charge on any atom is 0.194 e. The number of nitrogens with two attached hydrogens (primary N) is 1. The maximum atomic E-state index is 13.2. The summed E-state index contributed by atoms with van der Waals surface area (Å²) in [6, 6.07) is 8.61. The molecular weight excluding hydrogens is 333 g/mol. The van der Waals surface area contributed by atoms with Gasteiger partial charge in [-0.05, 0) is 42.0 Å². The average molecular weight is 345 g/mol. The van der Waals surface area contributed by atoms with Crippen LogP contribution in [0.2, 0.25) is 0 Å². The van der Waals surface area contributed by atoms with Crippen molar-refractivity contribution in [1.29, 1.82) is 0 Å². The van der Waals surface area contributed by atoms with Gasteiger partial charge in [-0.25, -0.2) is 13.2 Å². The summed E-state index contributed by atoms with van der Waals surface area (Å²) in [7, 11) is 0. The van der Waals surface area contributed by atoms with Crippen LogP contribution in [0.1, 0.15) is 11.6 Å². The lowest BCUT2D eigenvalue weighted by Gasteiger charge is -2.19. The minimum absolute atomic E-state index is 0.112. The lowest BCUT2D eigenvalue weighted by atomic mass is 10.1. The quantitative estimate of drug-likeness (QED) is 0.823. The van der Waals surface area contributed by atoms with Gasteiger partial charge in [0.25, 0.3) is 0 Å². The molecule has 2 aromatic carbocycles. The smallest absolute Gasteiger partial charge is 0.194 e. The van der Waals surface area contributed by atoms with Crippen molar-refractivity contribution in [3.63, 3.8) is 0 Å². The summed E-state index contributed by atoms with van der Waals surface area (Å²) in [5, 5.41) is 3.04. The Morgan fingerprint density at radius 1 is 1.05 bits per heavy atom. The van der Waals surface area contributed by atoms with Crippen LogP contribution < -0.4 is 11.1 Å². The molecule has 6 heteroatoms. The van der Waals surface area contributed by atoms with Gasteiger partial charge in [-0.2, -0.15) is 0 Å². The summed E-state index contributed by atoms with van der Waals surface area (Å²) in [5.41, 5.74) is 6.61. The van der Waals surface area contributed by atoms with E-state index in [1.54, 1.807) is 12.1 Å². The SMILES string of the molecule is NCC(Nc1ccc(Br)cc1)c1cc(F)c(F)c(F)c1. The first-order valence-electron chi connectivity index (χ1n) is 5.88. The fourth-order valence-electron chi connectivity index (χ4n) is 1.80. The van der Waals surface area contributed by atoms with Gasteiger partial charge in [-0.15, -0.1) is 0 Å². The third-order valence-electron chi connectivity index (χ3n) is 2.83. The largest absolute Gasteiger partial charge is 0.377 e. The average Bonchev–Trinajstić information content (AvgIpc) is 2.43. The summed E-state index contributed by atoms with van der Waals surface area (Å²) in [4.78, 5) is 0. The Morgan fingerprint density at radius 3 is 2.10 bits per heavy atom. The van der Waals surface area contributed by atoms with Gasteiger partial charge in [0, 0.05) is 16.7 Å². The number of benzene rings is 2. The van der Waals surface area contributed by atoms with E-state index in [2.05, 4.69) is 21.2 Å². The van der Waals surface area contributed by atoms with E-state index in [0.29, 0.717) is 0 Å². The van der Waals surface area contributed by atoms with Crippen LogP contribution in [0.3, 0.4) is 0 Å². The molecule has 0 spiro atoms. The van der Waals surface area contributed by atoms with E-state index in [0.717, 1.165) is 22.3 Å². The third kappa shape index (κ3) is 3.32. The molecule has 0 saturated carbocycles. The van der Waals surface area contributed by atoms with Gasteiger partial charge in [0.05, 0.1) is 6.04 Å². The van der Waals surface area contributed by atoms with Gasteiger partial charge in [0.2, 0.25) is 0 Å². The Bertz CT molecular complexity index is 579. The Balaban J connectivity index is 2.26. The number of nitrogens with one attached hydrogen (secondary N) is 1. The highest BCUT2D eigenvalue weighted by Gasteiger charge is 2.16. The highest BCUT2D eigenvalue weighted by atomic mass is 79.9. The van der Waals surface area contributed by atoms with E-state index in [4.69, 9.17) is 5.73 Å². The third-order valence-corrected chi connectivity index (χ3v) is 3.36. The molecule has 0 aliphatic heterocycles. The van der Waals surface area contributed by atoms with E-state index >= 15 is 0 Å². The van der Waals surface area contributed by atoms with Crippen LogP contribution in [0.4, 0.5) is 18.9 Å². The van der Waals surface area contributed by atoms with Crippen molar-refractivity contribution in [2.24, 2.45) is 5.73 Å². The van der Waals surface area contributed by atoms with Crippen LogP contribution in [-0.2, 0) is 0 Å². The van der Waals surface area contributed by atoms with Crippen LogP contribution in [0.5, 0.6) is 0 Å². The zero-order valence-electron chi connectivity index (χ0n) is 10.3. The van der Waals surface area contributed by atoms with Crippen LogP contribution in [-0.4, -0.2) is 6.54 Å². The lowest BCUT2D eigenvalue weighted by molar-refractivity contribution is 0.444. The normalized spacial score (nSPS) is 12.2. The molecule has 106 valence electrons. The van der Waals surface area contributed by atoms with Gasteiger partial charge >= 0.3 is 0 Å². The summed E-state index contributed by atoms with van der Waals surface area (Å²) < 4.78 is 40.3. The standard InChI is InChI=1S/C14H12BrF3N2/c15-9-1-3-10(4-2-9)20-13(7-19)8-5-11(16)14(18)12(17)6-8/h1-6,13,20H,7,19H2. The molecule has 2 nitrogen and oxygen atoms in total. The molecule has 1 unspecified atom stereocenters. The number of halogens is 4. The van der Waals surface area contributed by atoms with Crippen LogP contribution >= 0.6 is 15.9 Å². The van der Waals surface area contributed by atoms with Crippen LogP contribution in [0.25, 0.3) is 0 Å². The van der Waals surface area contributed by atoms with Crippen molar-refractivity contribution in [2.45, 2.75) is 6.04 Å². The minimum atomic E-state index is -1.48. The Hall–Kier alpha value is -1.53. The first-order chi connectivity index (χ1) is 9.51. The van der Waals surface area contributed by atoms with E-state index in [9.17, 15) is 13.2 Å². The molecule has 2 rings (SSSR count). The fourth-order valence-corrected chi connectivity index (χ4v) is 2.07. The summed E-state index contributed by atoms with van der Waals surface area (Å²) in [6.45, 7) is 0.112. The molecule has 3 N–H and O–H groups in total. The molecule has 20 heavy (non-hydrogen) atoms. The topological polar surface area (TPSA) is 38.0 Å². The number of anilines is 1. The van der Waals surface area contributed by atoms with Crippen molar-refractivity contribution < 1.29 is 13.2 Å². The first-order valence-corrected chi connectivity index (χ1v) is 6.67. The lowest BCUT2D eigenvalue weighted by Crippen LogP contribution is -2.21. The van der Waals surface area contributed by atoms with Gasteiger partial charge < -0.3 is 11.1 Å². The molecule has 0 aromatic heterocycles. The first kappa shape index (κ1) is 14.9. The molecule has 0 bridgehead atoms. The Kier molecular flexibility index (Phi) is 4.67. The highest BCUT2D eigenvalue weighted by molar-refractivity contribution is 9.10. The molecule has 0 heterocycles. The number of hydrogen-bond acceptors (Lipinski definition) is 2. The molecule has 0 amide bonds. The molecule has 1 atom stereocenters. The maximum absolute atomic E-state index is 13.2. The molecule has 0 saturated heterocycles. The predicted molar refractivity (Wildman–Crippen MR) is 75.9 cm³/mol.